The van der Waals surface area contributed by atoms with Crippen molar-refractivity contribution in [3.8, 4) is 0 Å². The molecule has 0 amide bonds. The van der Waals surface area contributed by atoms with E-state index in [9.17, 15) is 16.8 Å². The summed E-state index contributed by atoms with van der Waals surface area (Å²) >= 11 is 0. The van der Waals surface area contributed by atoms with Gasteiger partial charge in [0.25, 0.3) is 0 Å². The summed E-state index contributed by atoms with van der Waals surface area (Å²) in [6.07, 6.45) is 4.63. The zero-order chi connectivity index (χ0) is 39.7. The summed E-state index contributed by atoms with van der Waals surface area (Å²) in [5, 5.41) is 3.40. The fraction of sp³-hybridized carbons (Fsp3) is 0.455. The Balaban J connectivity index is 1.11. The summed E-state index contributed by atoms with van der Waals surface area (Å²) in [5.74, 6) is 0. The standard InChI is InChI=1S/C44H59N7O4S2/c1-48-29-31-51(32-30-48)42-33-41(45-35-38-15-9-4-10-16-38)43(56(52,53)46-39-19-25-49(26-20-39)23-17-36-11-5-2-6-12-36)34-44(42)57(54,55)47-40-21-27-50(28-22-40)24-18-37-13-7-3-8-14-37/h2-16,33-34,39-40,45-47H,17-32,35H2,1H3. The number of hydrogen-bond acceptors (Lipinski definition) is 9. The molecule has 306 valence electrons. The van der Waals surface area contributed by atoms with Gasteiger partial charge in [-0.05, 0) is 101 Å². The summed E-state index contributed by atoms with van der Waals surface area (Å²) in [6.45, 7) is 8.20. The van der Waals surface area contributed by atoms with Crippen LogP contribution >= 0.6 is 0 Å². The molecule has 3 N–H and O–H groups in total. The minimum Gasteiger partial charge on any atom is -0.380 e. The number of anilines is 2. The number of likely N-dealkylation sites (N-methyl/N-ethyl adjacent to an activating group) is 1. The summed E-state index contributed by atoms with van der Waals surface area (Å²) in [5.41, 5.74) is 4.50. The van der Waals surface area contributed by atoms with E-state index in [0.717, 1.165) is 70.8 Å². The average molecular weight is 814 g/mol. The second-order valence-corrected chi connectivity index (χ2v) is 19.3. The van der Waals surface area contributed by atoms with Crippen LogP contribution in [-0.2, 0) is 39.4 Å². The molecule has 57 heavy (non-hydrogen) atoms. The molecule has 0 saturated carbocycles. The number of sulfonamides is 2. The third-order valence-corrected chi connectivity index (χ3v) is 14.9. The monoisotopic (exact) mass is 813 g/mol. The van der Waals surface area contributed by atoms with Gasteiger partial charge in [-0.3, -0.25) is 0 Å². The lowest BCUT2D eigenvalue weighted by atomic mass is 10.1. The van der Waals surface area contributed by atoms with Crippen LogP contribution in [0, 0.1) is 0 Å². The van der Waals surface area contributed by atoms with Gasteiger partial charge >= 0.3 is 0 Å². The smallest absolute Gasteiger partial charge is 0.242 e. The Morgan fingerprint density at radius 3 is 1.46 bits per heavy atom. The van der Waals surface area contributed by atoms with Crippen LogP contribution in [0.15, 0.2) is 113 Å². The van der Waals surface area contributed by atoms with E-state index in [1.165, 1.54) is 17.2 Å². The third kappa shape index (κ3) is 11.4. The van der Waals surface area contributed by atoms with Gasteiger partial charge in [-0.2, -0.15) is 0 Å². The van der Waals surface area contributed by atoms with E-state index >= 15 is 0 Å². The van der Waals surface area contributed by atoms with Crippen molar-refractivity contribution in [3.05, 3.63) is 120 Å². The molecular weight excluding hydrogens is 755 g/mol. The highest BCUT2D eigenvalue weighted by molar-refractivity contribution is 7.90. The summed E-state index contributed by atoms with van der Waals surface area (Å²) in [6, 6.07) is 33.3. The molecule has 3 fully saturated rings. The van der Waals surface area contributed by atoms with Gasteiger partial charge in [0.15, 0.2) is 0 Å². The minimum atomic E-state index is -4.13. The average Bonchev–Trinajstić information content (AvgIpc) is 3.23. The molecule has 3 saturated heterocycles. The van der Waals surface area contributed by atoms with Gasteiger partial charge < -0.3 is 24.9 Å². The maximum absolute atomic E-state index is 14.6. The molecule has 11 nitrogen and oxygen atoms in total. The van der Waals surface area contributed by atoms with Crippen molar-refractivity contribution in [2.24, 2.45) is 0 Å². The topological polar surface area (TPSA) is 117 Å². The van der Waals surface area contributed by atoms with Gasteiger partial charge in [0.1, 0.15) is 9.79 Å². The predicted octanol–water partition coefficient (Wildman–Crippen LogP) is 5.02. The number of rotatable bonds is 16. The van der Waals surface area contributed by atoms with E-state index in [1.807, 2.05) is 42.5 Å². The first-order valence-electron chi connectivity index (χ1n) is 20.6. The second-order valence-electron chi connectivity index (χ2n) is 15.9. The number of piperazine rings is 1. The molecule has 0 bridgehead atoms. The fourth-order valence-corrected chi connectivity index (χ4v) is 11.3. The van der Waals surface area contributed by atoms with E-state index in [4.69, 9.17) is 0 Å². The molecule has 3 aliphatic rings. The third-order valence-electron chi connectivity index (χ3n) is 11.7. The second kappa shape index (κ2) is 19.3. The van der Waals surface area contributed by atoms with E-state index in [2.05, 4.69) is 89.9 Å². The quantitative estimate of drug-likeness (QED) is 0.144. The first-order chi connectivity index (χ1) is 27.6. The number of likely N-dealkylation sites (tertiary alicyclic amines) is 2. The number of benzene rings is 4. The van der Waals surface area contributed by atoms with Crippen LogP contribution < -0.4 is 19.7 Å². The van der Waals surface area contributed by atoms with Crippen LogP contribution in [-0.4, -0.2) is 116 Å². The van der Waals surface area contributed by atoms with Gasteiger partial charge in [0.05, 0.1) is 11.4 Å². The van der Waals surface area contributed by atoms with E-state index < -0.39 is 20.0 Å². The van der Waals surface area contributed by atoms with Gasteiger partial charge in [-0.15, -0.1) is 0 Å². The lowest BCUT2D eigenvalue weighted by Gasteiger charge is -2.36. The predicted molar refractivity (Wildman–Crippen MR) is 230 cm³/mol. The van der Waals surface area contributed by atoms with Crippen molar-refractivity contribution >= 4 is 31.4 Å². The molecule has 0 aromatic heterocycles. The van der Waals surface area contributed by atoms with Crippen molar-refractivity contribution < 1.29 is 16.8 Å². The van der Waals surface area contributed by atoms with Crippen molar-refractivity contribution in [2.45, 2.75) is 66.9 Å². The first-order valence-corrected chi connectivity index (χ1v) is 23.5. The largest absolute Gasteiger partial charge is 0.380 e. The Labute approximate surface area is 340 Å². The number of nitrogens with zero attached hydrogens (tertiary/aromatic N) is 4. The zero-order valence-electron chi connectivity index (χ0n) is 33.2. The zero-order valence-corrected chi connectivity index (χ0v) is 34.9. The molecule has 0 radical (unpaired) electrons. The van der Waals surface area contributed by atoms with Crippen molar-refractivity contribution in [1.29, 1.82) is 0 Å². The normalized spacial score (nSPS) is 18.5. The SMILES string of the molecule is CN1CCN(c2cc(NCc3ccccc3)c(S(=O)(=O)NC3CCN(CCc4ccccc4)CC3)cc2S(=O)(=O)NC2CCN(CCc3ccccc3)CC2)CC1. The number of hydrogen-bond donors (Lipinski definition) is 3. The number of piperidine rings is 2. The van der Waals surface area contributed by atoms with Crippen LogP contribution in [0.4, 0.5) is 11.4 Å². The minimum absolute atomic E-state index is 0.0138. The van der Waals surface area contributed by atoms with Crippen LogP contribution in [0.1, 0.15) is 42.4 Å². The van der Waals surface area contributed by atoms with Crippen molar-refractivity contribution in [1.82, 2.24) is 24.1 Å². The molecule has 0 unspecified atom stereocenters. The van der Waals surface area contributed by atoms with Gasteiger partial charge in [-0.1, -0.05) is 91.0 Å². The van der Waals surface area contributed by atoms with Crippen molar-refractivity contribution in [3.63, 3.8) is 0 Å². The van der Waals surface area contributed by atoms with E-state index in [0.29, 0.717) is 56.7 Å². The van der Waals surface area contributed by atoms with Gasteiger partial charge in [-0.25, -0.2) is 26.3 Å². The van der Waals surface area contributed by atoms with Gasteiger partial charge in [0.2, 0.25) is 20.0 Å². The lowest BCUT2D eigenvalue weighted by Crippen LogP contribution is -2.47. The van der Waals surface area contributed by atoms with Crippen LogP contribution in [0.5, 0.6) is 0 Å². The summed E-state index contributed by atoms with van der Waals surface area (Å²) in [4.78, 5) is 9.06. The number of nitrogens with one attached hydrogen (secondary N) is 3. The Bertz CT molecular complexity index is 2080. The molecule has 4 aromatic carbocycles. The highest BCUT2D eigenvalue weighted by atomic mass is 32.2. The van der Waals surface area contributed by atoms with E-state index in [1.54, 1.807) is 6.07 Å². The molecule has 4 aromatic rings. The highest BCUT2D eigenvalue weighted by Crippen LogP contribution is 2.36. The molecular formula is C44H59N7O4S2. The molecule has 3 heterocycles. The Morgan fingerprint density at radius 2 is 0.982 bits per heavy atom. The molecule has 0 spiro atoms. The van der Waals surface area contributed by atoms with Crippen LogP contribution in [0.25, 0.3) is 0 Å². The summed E-state index contributed by atoms with van der Waals surface area (Å²) in [7, 11) is -6.19. The first kappa shape index (κ1) is 41.3. The van der Waals surface area contributed by atoms with Crippen LogP contribution in [0.3, 0.4) is 0 Å². The lowest BCUT2D eigenvalue weighted by molar-refractivity contribution is 0.209. The molecule has 7 rings (SSSR count). The highest BCUT2D eigenvalue weighted by Gasteiger charge is 2.33. The van der Waals surface area contributed by atoms with Crippen molar-refractivity contribution in [2.75, 3.05) is 82.7 Å². The molecule has 0 aliphatic carbocycles. The maximum atomic E-state index is 14.6. The Kier molecular flexibility index (Phi) is 14.0. The maximum Gasteiger partial charge on any atom is 0.242 e. The molecule has 13 heteroatoms. The van der Waals surface area contributed by atoms with Gasteiger partial charge in [0, 0.05) is 57.9 Å². The van der Waals surface area contributed by atoms with Crippen LogP contribution in [0.2, 0.25) is 0 Å². The summed E-state index contributed by atoms with van der Waals surface area (Å²) < 4.78 is 64.2. The molecule has 0 atom stereocenters. The van der Waals surface area contributed by atoms with E-state index in [-0.39, 0.29) is 21.9 Å². The fourth-order valence-electron chi connectivity index (χ4n) is 8.19. The molecule has 3 aliphatic heterocycles. The Hall–Kier alpha value is -3.82. The Morgan fingerprint density at radius 1 is 0.544 bits per heavy atom.